The summed E-state index contributed by atoms with van der Waals surface area (Å²) >= 11 is 2.84. The van der Waals surface area contributed by atoms with Crippen molar-refractivity contribution >= 4 is 45.2 Å². The molecular weight excluding hydrogens is 518 g/mol. The standard InChI is InChI=1S/C29H31N3O4S2/c1-18-2-4-21(5-3-18)27(33)32(22-10-13-36-14-11-22)24-16-25(38-26(24)28(34)35)20-8-6-19(7-9-20)23-17-31-12-15-37-29(31)30-23/h6-9,12,15-18,21-22H,2-5,10-11,13-14H2,1H3,(H,34,35). The Morgan fingerprint density at radius 3 is 2.45 bits per heavy atom. The normalized spacial score (nSPS) is 20.6. The molecular formula is C29H31N3O4S2. The van der Waals surface area contributed by atoms with Gasteiger partial charge in [-0.1, -0.05) is 31.2 Å². The highest BCUT2D eigenvalue weighted by molar-refractivity contribution is 7.18. The summed E-state index contributed by atoms with van der Waals surface area (Å²) in [5.41, 5.74) is 3.37. The number of hydrogen-bond acceptors (Lipinski definition) is 6. The molecule has 0 unspecified atom stereocenters. The summed E-state index contributed by atoms with van der Waals surface area (Å²) < 4.78 is 7.59. The number of nitrogens with zero attached hydrogens (tertiary/aromatic N) is 3. The van der Waals surface area contributed by atoms with Crippen molar-refractivity contribution < 1.29 is 19.4 Å². The molecule has 1 N–H and O–H groups in total. The van der Waals surface area contributed by atoms with Gasteiger partial charge in [0.05, 0.1) is 11.4 Å². The maximum Gasteiger partial charge on any atom is 0.348 e. The first-order valence-corrected chi connectivity index (χ1v) is 15.0. The molecule has 2 aliphatic rings. The van der Waals surface area contributed by atoms with Gasteiger partial charge in [-0.3, -0.25) is 9.20 Å². The average molecular weight is 550 g/mol. The third kappa shape index (κ3) is 4.90. The number of aromatic carboxylic acids is 1. The van der Waals surface area contributed by atoms with Crippen LogP contribution < -0.4 is 4.90 Å². The van der Waals surface area contributed by atoms with Crippen LogP contribution in [-0.4, -0.2) is 45.6 Å². The maximum absolute atomic E-state index is 14.0. The summed E-state index contributed by atoms with van der Waals surface area (Å²) in [6.07, 6.45) is 9.25. The van der Waals surface area contributed by atoms with Crippen LogP contribution in [0.4, 0.5) is 5.69 Å². The molecule has 1 aromatic carbocycles. The number of fused-ring (bicyclic) bond motifs is 1. The number of thiophene rings is 1. The number of benzene rings is 1. The highest BCUT2D eigenvalue weighted by Crippen LogP contribution is 2.41. The van der Waals surface area contributed by atoms with Crippen molar-refractivity contribution in [2.75, 3.05) is 18.1 Å². The molecule has 3 aromatic heterocycles. The van der Waals surface area contributed by atoms with Gasteiger partial charge in [0.25, 0.3) is 0 Å². The molecule has 4 heterocycles. The molecule has 1 amide bonds. The summed E-state index contributed by atoms with van der Waals surface area (Å²) in [4.78, 5) is 34.9. The second-order valence-corrected chi connectivity index (χ2v) is 12.4. The molecule has 2 fully saturated rings. The molecule has 9 heteroatoms. The maximum atomic E-state index is 14.0. The summed E-state index contributed by atoms with van der Waals surface area (Å²) in [6.45, 7) is 3.41. The minimum Gasteiger partial charge on any atom is -0.477 e. The number of anilines is 1. The highest BCUT2D eigenvalue weighted by atomic mass is 32.1. The topological polar surface area (TPSA) is 84.1 Å². The van der Waals surface area contributed by atoms with E-state index in [1.165, 1.54) is 11.3 Å². The van der Waals surface area contributed by atoms with Crippen LogP contribution in [0, 0.1) is 11.8 Å². The van der Waals surface area contributed by atoms with E-state index in [1.54, 1.807) is 11.3 Å². The Kier molecular flexibility index (Phi) is 7.07. The zero-order valence-corrected chi connectivity index (χ0v) is 23.0. The number of ether oxygens (including phenoxy) is 1. The number of rotatable bonds is 6. The van der Waals surface area contributed by atoms with Gasteiger partial charge in [-0.15, -0.1) is 22.7 Å². The van der Waals surface area contributed by atoms with Crippen LogP contribution in [0.15, 0.2) is 48.1 Å². The molecule has 0 radical (unpaired) electrons. The molecule has 6 rings (SSSR count). The third-order valence-corrected chi connectivity index (χ3v) is 9.82. The Bertz CT molecular complexity index is 1410. The number of thiazole rings is 1. The van der Waals surface area contributed by atoms with E-state index in [0.717, 1.165) is 65.2 Å². The lowest BCUT2D eigenvalue weighted by Crippen LogP contribution is -2.47. The molecule has 38 heavy (non-hydrogen) atoms. The molecule has 4 aromatic rings. The van der Waals surface area contributed by atoms with Crippen LogP contribution in [-0.2, 0) is 9.53 Å². The molecule has 1 aliphatic heterocycles. The summed E-state index contributed by atoms with van der Waals surface area (Å²) in [5, 5.41) is 12.2. The predicted octanol–water partition coefficient (Wildman–Crippen LogP) is 6.83. The second-order valence-electron chi connectivity index (χ2n) is 10.4. The van der Waals surface area contributed by atoms with Gasteiger partial charge in [-0.05, 0) is 56.1 Å². The van der Waals surface area contributed by atoms with Crippen molar-refractivity contribution in [3.05, 3.63) is 53.0 Å². The minimum atomic E-state index is -0.993. The van der Waals surface area contributed by atoms with Crippen molar-refractivity contribution in [3.63, 3.8) is 0 Å². The summed E-state index contributed by atoms with van der Waals surface area (Å²) in [7, 11) is 0. The molecule has 0 atom stereocenters. The van der Waals surface area contributed by atoms with E-state index in [2.05, 4.69) is 11.9 Å². The molecule has 1 saturated heterocycles. The second kappa shape index (κ2) is 10.6. The van der Waals surface area contributed by atoms with Crippen molar-refractivity contribution in [2.45, 2.75) is 51.5 Å². The SMILES string of the molecule is CC1CCC(C(=O)N(c2cc(-c3ccc(-c4cn5ccsc5n4)cc3)sc2C(=O)O)C2CCOCC2)CC1. The molecule has 1 saturated carbocycles. The van der Waals surface area contributed by atoms with Crippen molar-refractivity contribution in [1.29, 1.82) is 0 Å². The van der Waals surface area contributed by atoms with Crippen molar-refractivity contribution in [1.82, 2.24) is 9.38 Å². The van der Waals surface area contributed by atoms with Crippen LogP contribution >= 0.6 is 22.7 Å². The van der Waals surface area contributed by atoms with E-state index < -0.39 is 5.97 Å². The molecule has 0 spiro atoms. The zero-order valence-electron chi connectivity index (χ0n) is 21.3. The first-order chi connectivity index (χ1) is 18.5. The van der Waals surface area contributed by atoms with Gasteiger partial charge in [0.1, 0.15) is 4.88 Å². The monoisotopic (exact) mass is 549 g/mol. The van der Waals surface area contributed by atoms with Crippen LogP contribution in [0.5, 0.6) is 0 Å². The first kappa shape index (κ1) is 25.3. The number of carboxylic acid groups (broad SMARTS) is 1. The average Bonchev–Trinajstić information content (AvgIpc) is 3.66. The Hall–Kier alpha value is -3.01. The van der Waals surface area contributed by atoms with Gasteiger partial charge in [0.2, 0.25) is 5.91 Å². The van der Waals surface area contributed by atoms with Gasteiger partial charge in [0, 0.05) is 53.4 Å². The number of amides is 1. The summed E-state index contributed by atoms with van der Waals surface area (Å²) in [5.74, 6) is -0.332. The Morgan fingerprint density at radius 1 is 1.05 bits per heavy atom. The van der Waals surface area contributed by atoms with Crippen LogP contribution in [0.3, 0.4) is 0 Å². The fourth-order valence-corrected chi connectivity index (χ4v) is 7.36. The molecule has 198 valence electrons. The van der Waals surface area contributed by atoms with Gasteiger partial charge in [-0.25, -0.2) is 9.78 Å². The first-order valence-electron chi connectivity index (χ1n) is 13.3. The van der Waals surface area contributed by atoms with Crippen molar-refractivity contribution in [2.24, 2.45) is 11.8 Å². The van der Waals surface area contributed by atoms with Gasteiger partial charge >= 0.3 is 5.97 Å². The Balaban J connectivity index is 1.34. The minimum absolute atomic E-state index is 0.0479. The predicted molar refractivity (Wildman–Crippen MR) is 151 cm³/mol. The number of carboxylic acids is 1. The lowest BCUT2D eigenvalue weighted by molar-refractivity contribution is -0.124. The van der Waals surface area contributed by atoms with E-state index >= 15 is 0 Å². The number of carbonyl (C=O) groups excluding carboxylic acids is 1. The van der Waals surface area contributed by atoms with Gasteiger partial charge < -0.3 is 14.7 Å². The lowest BCUT2D eigenvalue weighted by Gasteiger charge is -2.37. The van der Waals surface area contributed by atoms with E-state index in [-0.39, 0.29) is 22.7 Å². The van der Waals surface area contributed by atoms with E-state index in [0.29, 0.717) is 24.8 Å². The van der Waals surface area contributed by atoms with E-state index in [9.17, 15) is 14.7 Å². The third-order valence-electron chi connectivity index (χ3n) is 7.88. The molecule has 7 nitrogen and oxygen atoms in total. The lowest BCUT2D eigenvalue weighted by atomic mass is 9.82. The zero-order chi connectivity index (χ0) is 26.2. The number of hydrogen-bond donors (Lipinski definition) is 1. The smallest absolute Gasteiger partial charge is 0.348 e. The quantitative estimate of drug-likeness (QED) is 0.285. The number of imidazole rings is 1. The number of carbonyl (C=O) groups is 2. The molecule has 1 aliphatic carbocycles. The fraction of sp³-hybridized carbons (Fsp3) is 0.414. The van der Waals surface area contributed by atoms with Gasteiger partial charge in [-0.2, -0.15) is 0 Å². The van der Waals surface area contributed by atoms with Crippen LogP contribution in [0.25, 0.3) is 26.7 Å². The van der Waals surface area contributed by atoms with Crippen LogP contribution in [0.1, 0.15) is 55.1 Å². The number of aromatic nitrogens is 2. The Labute approximate surface area is 229 Å². The highest BCUT2D eigenvalue weighted by Gasteiger charge is 2.36. The Morgan fingerprint density at radius 2 is 1.76 bits per heavy atom. The van der Waals surface area contributed by atoms with E-state index in [4.69, 9.17) is 4.74 Å². The van der Waals surface area contributed by atoms with E-state index in [1.807, 2.05) is 57.4 Å². The van der Waals surface area contributed by atoms with Crippen LogP contribution in [0.2, 0.25) is 0 Å². The van der Waals surface area contributed by atoms with Gasteiger partial charge in [0.15, 0.2) is 4.96 Å². The summed E-state index contributed by atoms with van der Waals surface area (Å²) in [6, 6.07) is 9.92. The largest absolute Gasteiger partial charge is 0.477 e. The molecule has 0 bridgehead atoms. The van der Waals surface area contributed by atoms with Crippen molar-refractivity contribution in [3.8, 4) is 21.7 Å². The fourth-order valence-electron chi connectivity index (χ4n) is 5.67.